The summed E-state index contributed by atoms with van der Waals surface area (Å²) < 4.78 is 33.3. The van der Waals surface area contributed by atoms with E-state index in [2.05, 4.69) is 4.90 Å². The number of hydrogen-bond acceptors (Lipinski definition) is 7. The Kier molecular flexibility index (Phi) is 6.87. The van der Waals surface area contributed by atoms with E-state index >= 15 is 0 Å². The van der Waals surface area contributed by atoms with Crippen LogP contribution in [0.15, 0.2) is 18.2 Å². The number of methoxy groups -OCH3 is 2. The molecule has 0 aliphatic carbocycles. The highest BCUT2D eigenvalue weighted by Gasteiger charge is 2.39. The first-order valence-corrected chi connectivity index (χ1v) is 12.0. The van der Waals surface area contributed by atoms with Crippen LogP contribution >= 0.6 is 0 Å². The van der Waals surface area contributed by atoms with E-state index in [0.29, 0.717) is 56.5 Å². The summed E-state index contributed by atoms with van der Waals surface area (Å²) in [7, 11) is 0.0940. The van der Waals surface area contributed by atoms with Crippen LogP contribution in [0.25, 0.3) is 0 Å². The number of rotatable bonds is 7. The Labute approximate surface area is 177 Å². The van der Waals surface area contributed by atoms with Gasteiger partial charge < -0.3 is 19.3 Å². The number of nitrogens with zero attached hydrogens (tertiary/aromatic N) is 3. The van der Waals surface area contributed by atoms with Gasteiger partial charge in [-0.25, -0.2) is 8.42 Å². The van der Waals surface area contributed by atoms with Gasteiger partial charge in [0, 0.05) is 58.0 Å². The van der Waals surface area contributed by atoms with Gasteiger partial charge in [0.15, 0.2) is 0 Å². The van der Waals surface area contributed by atoms with Crippen molar-refractivity contribution in [2.75, 3.05) is 70.4 Å². The van der Waals surface area contributed by atoms with E-state index in [4.69, 9.17) is 9.47 Å². The number of benzene rings is 1. The summed E-state index contributed by atoms with van der Waals surface area (Å²) in [6, 6.07) is 5.24. The zero-order valence-electron chi connectivity index (χ0n) is 17.7. The average Bonchev–Trinajstić information content (AvgIpc) is 3.12. The molecule has 0 N–H and O–H groups in total. The van der Waals surface area contributed by atoms with Crippen molar-refractivity contribution in [2.45, 2.75) is 6.42 Å². The lowest BCUT2D eigenvalue weighted by atomic mass is 10.1. The Morgan fingerprint density at radius 2 is 1.83 bits per heavy atom. The summed E-state index contributed by atoms with van der Waals surface area (Å²) in [4.78, 5) is 31.1. The molecule has 166 valence electrons. The van der Waals surface area contributed by atoms with Crippen LogP contribution < -0.4 is 14.4 Å². The van der Waals surface area contributed by atoms with Crippen molar-refractivity contribution in [3.63, 3.8) is 0 Å². The normalized spacial score (nSPS) is 20.5. The summed E-state index contributed by atoms with van der Waals surface area (Å²) in [6.07, 6.45) is 1.39. The Morgan fingerprint density at radius 1 is 1.13 bits per heavy atom. The Bertz CT molecular complexity index is 896. The smallest absolute Gasteiger partial charge is 0.228 e. The van der Waals surface area contributed by atoms with Crippen LogP contribution in [0.1, 0.15) is 6.42 Å². The van der Waals surface area contributed by atoms with E-state index in [1.807, 2.05) is 0 Å². The molecule has 0 aromatic heterocycles. The van der Waals surface area contributed by atoms with E-state index in [1.165, 1.54) is 13.4 Å². The van der Waals surface area contributed by atoms with Gasteiger partial charge in [0.1, 0.15) is 21.3 Å². The van der Waals surface area contributed by atoms with Gasteiger partial charge >= 0.3 is 0 Å². The van der Waals surface area contributed by atoms with Gasteiger partial charge in [-0.3, -0.25) is 14.5 Å². The molecule has 2 amide bonds. The number of ether oxygens (including phenoxy) is 2. The Morgan fingerprint density at radius 3 is 2.43 bits per heavy atom. The molecule has 2 fully saturated rings. The second-order valence-electron chi connectivity index (χ2n) is 7.74. The van der Waals surface area contributed by atoms with Crippen molar-refractivity contribution in [3.05, 3.63) is 18.2 Å². The first-order valence-electron chi connectivity index (χ1n) is 9.93. The van der Waals surface area contributed by atoms with Crippen LogP contribution in [-0.2, 0) is 19.4 Å². The van der Waals surface area contributed by atoms with Crippen molar-refractivity contribution >= 4 is 27.3 Å². The molecule has 2 heterocycles. The van der Waals surface area contributed by atoms with E-state index in [-0.39, 0.29) is 24.0 Å². The molecule has 0 saturated carbocycles. The topological polar surface area (TPSA) is 96.5 Å². The summed E-state index contributed by atoms with van der Waals surface area (Å²) >= 11 is 0. The third-order valence-corrected chi connectivity index (χ3v) is 6.54. The number of carbonyl (C=O) groups is 2. The predicted octanol–water partition coefficient (Wildman–Crippen LogP) is 0.246. The lowest BCUT2D eigenvalue weighted by molar-refractivity contribution is -0.137. The second kappa shape index (κ2) is 9.22. The predicted molar refractivity (Wildman–Crippen MR) is 113 cm³/mol. The molecule has 9 nitrogen and oxygen atoms in total. The Hall–Kier alpha value is -2.33. The number of carbonyl (C=O) groups excluding carboxylic acids is 2. The molecule has 2 saturated heterocycles. The standard InChI is InChI=1S/C20H29N3O6S/c1-28-16-4-5-18(29-2)17(13-16)23-14-15(12-19(23)24)20(25)22-8-6-21(7-9-22)10-11-30(3,26)27/h4-5,13,15H,6-12,14H2,1-3H3. The maximum atomic E-state index is 13.0. The molecular formula is C20H29N3O6S. The van der Waals surface area contributed by atoms with Gasteiger partial charge in [-0.05, 0) is 12.1 Å². The summed E-state index contributed by atoms with van der Waals surface area (Å²) in [6.45, 7) is 3.12. The van der Waals surface area contributed by atoms with Crippen molar-refractivity contribution in [3.8, 4) is 11.5 Å². The van der Waals surface area contributed by atoms with Crippen LogP contribution in [0, 0.1) is 5.92 Å². The average molecular weight is 440 g/mol. The highest BCUT2D eigenvalue weighted by atomic mass is 32.2. The quantitative estimate of drug-likeness (QED) is 0.601. The van der Waals surface area contributed by atoms with Crippen LogP contribution in [0.5, 0.6) is 11.5 Å². The minimum atomic E-state index is -3.00. The van der Waals surface area contributed by atoms with Crippen LogP contribution in [0.3, 0.4) is 0 Å². The van der Waals surface area contributed by atoms with Crippen LogP contribution in [0.4, 0.5) is 5.69 Å². The minimum absolute atomic E-state index is 0.0320. The molecule has 2 aliphatic heterocycles. The zero-order valence-corrected chi connectivity index (χ0v) is 18.5. The van der Waals surface area contributed by atoms with Crippen molar-refractivity contribution in [1.29, 1.82) is 0 Å². The highest BCUT2D eigenvalue weighted by molar-refractivity contribution is 7.90. The molecular weight excluding hydrogens is 410 g/mol. The first-order chi connectivity index (χ1) is 14.2. The van der Waals surface area contributed by atoms with Gasteiger partial charge in [0.25, 0.3) is 0 Å². The summed E-state index contributed by atoms with van der Waals surface area (Å²) in [5.74, 6) is 0.726. The molecule has 3 rings (SSSR count). The van der Waals surface area contributed by atoms with Gasteiger partial charge in [-0.1, -0.05) is 0 Å². The van der Waals surface area contributed by atoms with Crippen LogP contribution in [0.2, 0.25) is 0 Å². The molecule has 0 bridgehead atoms. The van der Waals surface area contributed by atoms with Crippen molar-refractivity contribution in [1.82, 2.24) is 9.80 Å². The second-order valence-corrected chi connectivity index (χ2v) is 10.00. The van der Waals surface area contributed by atoms with Gasteiger partial charge in [0.2, 0.25) is 11.8 Å². The molecule has 2 aliphatic rings. The fourth-order valence-corrected chi connectivity index (χ4v) is 4.45. The number of hydrogen-bond donors (Lipinski definition) is 0. The number of amides is 2. The highest BCUT2D eigenvalue weighted by Crippen LogP contribution is 2.36. The number of sulfone groups is 1. The molecule has 30 heavy (non-hydrogen) atoms. The van der Waals surface area contributed by atoms with E-state index < -0.39 is 15.8 Å². The van der Waals surface area contributed by atoms with Gasteiger partial charge in [-0.2, -0.15) is 0 Å². The lowest BCUT2D eigenvalue weighted by Gasteiger charge is -2.35. The van der Waals surface area contributed by atoms with Crippen LogP contribution in [-0.4, -0.2) is 95.5 Å². The third-order valence-electron chi connectivity index (χ3n) is 5.61. The largest absolute Gasteiger partial charge is 0.497 e. The first kappa shape index (κ1) is 22.4. The molecule has 1 aromatic rings. The minimum Gasteiger partial charge on any atom is -0.497 e. The van der Waals surface area contributed by atoms with Crippen molar-refractivity contribution < 1.29 is 27.5 Å². The third kappa shape index (κ3) is 5.23. The number of anilines is 1. The molecule has 1 atom stereocenters. The lowest BCUT2D eigenvalue weighted by Crippen LogP contribution is -2.51. The SMILES string of the molecule is COc1ccc(OC)c(N2CC(C(=O)N3CCN(CCS(C)(=O)=O)CC3)CC2=O)c1. The van der Waals surface area contributed by atoms with Gasteiger partial charge in [-0.15, -0.1) is 0 Å². The van der Waals surface area contributed by atoms with E-state index in [0.717, 1.165) is 0 Å². The van der Waals surface area contributed by atoms with Crippen molar-refractivity contribution in [2.24, 2.45) is 5.92 Å². The molecule has 1 unspecified atom stereocenters. The molecule has 10 heteroatoms. The maximum Gasteiger partial charge on any atom is 0.228 e. The van der Waals surface area contributed by atoms with Gasteiger partial charge in [0.05, 0.1) is 31.6 Å². The van der Waals surface area contributed by atoms with E-state index in [1.54, 1.807) is 35.1 Å². The Balaban J connectivity index is 1.61. The fraction of sp³-hybridized carbons (Fsp3) is 0.600. The van der Waals surface area contributed by atoms with E-state index in [9.17, 15) is 18.0 Å². The molecule has 0 spiro atoms. The number of piperazine rings is 1. The maximum absolute atomic E-state index is 13.0. The zero-order chi connectivity index (χ0) is 21.9. The summed E-state index contributed by atoms with van der Waals surface area (Å²) in [5, 5.41) is 0. The summed E-state index contributed by atoms with van der Waals surface area (Å²) in [5.41, 5.74) is 0.600. The fourth-order valence-electron chi connectivity index (χ4n) is 3.86. The molecule has 1 aromatic carbocycles. The molecule has 0 radical (unpaired) electrons. The monoisotopic (exact) mass is 439 g/mol.